The van der Waals surface area contributed by atoms with Crippen molar-refractivity contribution in [3.8, 4) is 11.1 Å². The number of carbonyl (C=O) groups is 1. The number of hydrogen-bond acceptors (Lipinski definition) is 3. The number of primary amides is 1. The van der Waals surface area contributed by atoms with Crippen LogP contribution in [-0.2, 0) is 11.6 Å². The number of nitrogens with two attached hydrogens (primary N) is 1. The van der Waals surface area contributed by atoms with Gasteiger partial charge >= 0.3 is 12.1 Å². The summed E-state index contributed by atoms with van der Waals surface area (Å²) >= 11 is 0. The Morgan fingerprint density at radius 1 is 0.939 bits per heavy atom. The van der Waals surface area contributed by atoms with Gasteiger partial charge in [0.15, 0.2) is 0 Å². The lowest BCUT2D eigenvalue weighted by molar-refractivity contribution is -0.290. The first-order valence-electron chi connectivity index (χ1n) is 9.57. The fourth-order valence-electron chi connectivity index (χ4n) is 3.44. The third-order valence-electron chi connectivity index (χ3n) is 5.21. The lowest BCUT2D eigenvalue weighted by Crippen LogP contribution is -2.34. The van der Waals surface area contributed by atoms with Crippen molar-refractivity contribution in [3.05, 3.63) is 65.6 Å². The summed E-state index contributed by atoms with van der Waals surface area (Å²) in [5, 5.41) is 0.213. The molecule has 2 N–H and O–H groups in total. The van der Waals surface area contributed by atoms with Crippen molar-refractivity contribution in [2.24, 2.45) is 5.73 Å². The average molecular weight is 466 g/mol. The molecule has 0 unspecified atom stereocenters. The van der Waals surface area contributed by atoms with Crippen LogP contribution in [0.25, 0.3) is 27.8 Å². The summed E-state index contributed by atoms with van der Waals surface area (Å²) in [6.07, 6.45) is -4.78. The second kappa shape index (κ2) is 7.19. The van der Waals surface area contributed by atoms with Crippen LogP contribution in [0.2, 0.25) is 0 Å². The number of nitrogens with zero attached hydrogens (tertiary/aromatic N) is 3. The quantitative estimate of drug-likeness (QED) is 0.404. The van der Waals surface area contributed by atoms with Gasteiger partial charge in [-0.1, -0.05) is 24.3 Å². The minimum atomic E-state index is -5.89. The first-order chi connectivity index (χ1) is 15.2. The Morgan fingerprint density at radius 2 is 1.58 bits per heavy atom. The molecule has 0 bridgehead atoms. The first kappa shape index (κ1) is 22.6. The molecule has 0 fully saturated rings. The van der Waals surface area contributed by atoms with Crippen molar-refractivity contribution in [2.75, 3.05) is 0 Å². The van der Waals surface area contributed by atoms with E-state index in [1.807, 2.05) is 0 Å². The molecule has 0 radical (unpaired) electrons. The highest BCUT2D eigenvalue weighted by Gasteiger charge is 2.60. The fraction of sp³-hybridized carbons (Fsp3) is 0.227. The molecule has 33 heavy (non-hydrogen) atoms. The molecule has 1 aromatic carbocycles. The molecule has 5 nitrogen and oxygen atoms in total. The van der Waals surface area contributed by atoms with Crippen LogP contribution in [0.15, 0.2) is 48.7 Å². The van der Waals surface area contributed by atoms with E-state index in [9.17, 15) is 31.1 Å². The van der Waals surface area contributed by atoms with Crippen molar-refractivity contribution < 1.29 is 31.1 Å². The Morgan fingerprint density at radius 3 is 2.12 bits per heavy atom. The summed E-state index contributed by atoms with van der Waals surface area (Å²) in [7, 11) is 0. The number of rotatable bonds is 4. The van der Waals surface area contributed by atoms with Crippen LogP contribution in [0.5, 0.6) is 0 Å². The maximum atomic E-state index is 14.3. The zero-order chi connectivity index (χ0) is 24.3. The highest BCUT2D eigenvalue weighted by atomic mass is 19.4. The van der Waals surface area contributed by atoms with E-state index in [0.29, 0.717) is 11.6 Å². The van der Waals surface area contributed by atoms with Crippen molar-refractivity contribution in [1.82, 2.24) is 14.4 Å². The number of carbonyl (C=O) groups excluding carboxylic acids is 1. The van der Waals surface area contributed by atoms with Crippen molar-refractivity contribution in [2.45, 2.75) is 31.6 Å². The van der Waals surface area contributed by atoms with E-state index in [-0.39, 0.29) is 33.5 Å². The molecule has 11 heteroatoms. The van der Waals surface area contributed by atoms with Gasteiger partial charge in [-0.2, -0.15) is 22.0 Å². The number of halogens is 6. The number of imidazole rings is 1. The topological polar surface area (TPSA) is 73.3 Å². The molecule has 0 atom stereocenters. The van der Waals surface area contributed by atoms with E-state index >= 15 is 0 Å². The van der Waals surface area contributed by atoms with Gasteiger partial charge in [0.2, 0.25) is 0 Å². The van der Waals surface area contributed by atoms with Gasteiger partial charge in [-0.05, 0) is 48.7 Å². The van der Waals surface area contributed by atoms with Crippen molar-refractivity contribution in [3.63, 3.8) is 0 Å². The number of benzene rings is 1. The number of alkyl halides is 6. The second-order valence-electron chi connectivity index (χ2n) is 7.97. The molecular weight excluding hydrogens is 450 g/mol. The highest BCUT2D eigenvalue weighted by Crippen LogP contribution is 2.45. The Hall–Kier alpha value is -3.63. The number of aromatic nitrogens is 3. The highest BCUT2D eigenvalue weighted by molar-refractivity contribution is 5.96. The number of fused-ring (bicyclic) bond motifs is 3. The molecule has 0 saturated heterocycles. The van der Waals surface area contributed by atoms with Crippen LogP contribution in [0, 0.1) is 0 Å². The molecule has 0 spiro atoms. The van der Waals surface area contributed by atoms with Crippen LogP contribution in [0.1, 0.15) is 35.6 Å². The summed E-state index contributed by atoms with van der Waals surface area (Å²) in [5.41, 5.74) is 2.17. The van der Waals surface area contributed by atoms with Crippen molar-refractivity contribution in [1.29, 1.82) is 0 Å². The number of pyridine rings is 2. The molecule has 0 aliphatic heterocycles. The predicted octanol–water partition coefficient (Wildman–Crippen LogP) is 5.51. The molecule has 172 valence electrons. The molecular formula is C22H16F6N4O. The third-order valence-corrected chi connectivity index (χ3v) is 5.21. The molecule has 0 aliphatic carbocycles. The second-order valence-corrected chi connectivity index (χ2v) is 7.97. The average Bonchev–Trinajstić information content (AvgIpc) is 3.17. The van der Waals surface area contributed by atoms with E-state index in [1.54, 1.807) is 0 Å². The standard InChI is InChI=1S/C22H16F6N4O/c1-20(2,23)12-5-3-11(4-6-12)14-9-16(21(24,25)22(26,27)28)31-19-13(14)7-8-17-30-15(18(29)33)10-32(17)19/h3-10H,1-2H3,(H2,29,33). The van der Waals surface area contributed by atoms with Crippen LogP contribution in [-0.4, -0.2) is 26.5 Å². The Kier molecular flexibility index (Phi) is 4.91. The van der Waals surface area contributed by atoms with Crippen LogP contribution in [0.3, 0.4) is 0 Å². The van der Waals surface area contributed by atoms with Crippen LogP contribution < -0.4 is 5.73 Å². The largest absolute Gasteiger partial charge is 0.459 e. The van der Waals surface area contributed by atoms with E-state index in [0.717, 1.165) is 10.6 Å². The fourth-order valence-corrected chi connectivity index (χ4v) is 3.44. The zero-order valence-corrected chi connectivity index (χ0v) is 17.2. The van der Waals surface area contributed by atoms with Gasteiger partial charge in [-0.25, -0.2) is 14.4 Å². The molecule has 4 rings (SSSR count). The Bertz CT molecular complexity index is 1380. The summed E-state index contributed by atoms with van der Waals surface area (Å²) in [5.74, 6) is -6.17. The number of hydrogen-bond donors (Lipinski definition) is 1. The zero-order valence-electron chi connectivity index (χ0n) is 17.2. The minimum Gasteiger partial charge on any atom is -0.364 e. The third kappa shape index (κ3) is 3.77. The SMILES string of the molecule is CC(C)(F)c1ccc(-c2cc(C(F)(F)C(F)(F)F)nc3c2ccc2nc(C(N)=O)cn23)cc1. The van der Waals surface area contributed by atoms with Gasteiger partial charge in [-0.3, -0.25) is 9.20 Å². The lowest BCUT2D eigenvalue weighted by Gasteiger charge is -2.21. The molecule has 4 aromatic rings. The monoisotopic (exact) mass is 466 g/mol. The van der Waals surface area contributed by atoms with Gasteiger partial charge < -0.3 is 5.73 Å². The van der Waals surface area contributed by atoms with E-state index in [2.05, 4.69) is 9.97 Å². The Labute approximate surface area is 182 Å². The molecule has 1 amide bonds. The van der Waals surface area contributed by atoms with Crippen LogP contribution in [0.4, 0.5) is 26.3 Å². The first-order valence-corrected chi connectivity index (χ1v) is 9.57. The van der Waals surface area contributed by atoms with Gasteiger partial charge in [0.25, 0.3) is 5.91 Å². The van der Waals surface area contributed by atoms with E-state index < -0.39 is 29.4 Å². The summed E-state index contributed by atoms with van der Waals surface area (Å²) in [6, 6.07) is 9.23. The van der Waals surface area contributed by atoms with Gasteiger partial charge in [0.1, 0.15) is 28.4 Å². The van der Waals surface area contributed by atoms with Gasteiger partial charge in [0.05, 0.1) is 0 Å². The summed E-state index contributed by atoms with van der Waals surface area (Å²) < 4.78 is 83.4. The smallest absolute Gasteiger partial charge is 0.364 e. The minimum absolute atomic E-state index is 0.0124. The summed E-state index contributed by atoms with van der Waals surface area (Å²) in [6.45, 7) is 2.66. The lowest BCUT2D eigenvalue weighted by atomic mass is 9.95. The molecule has 0 saturated carbocycles. The van der Waals surface area contributed by atoms with Crippen LogP contribution >= 0.6 is 0 Å². The molecule has 0 aliphatic rings. The van der Waals surface area contributed by atoms with E-state index in [1.165, 1.54) is 50.2 Å². The Balaban J connectivity index is 2.06. The maximum absolute atomic E-state index is 14.3. The number of amides is 1. The maximum Gasteiger partial charge on any atom is 0.459 e. The normalized spacial score (nSPS) is 13.1. The molecule has 3 heterocycles. The summed E-state index contributed by atoms with van der Waals surface area (Å²) in [4.78, 5) is 19.0. The van der Waals surface area contributed by atoms with Gasteiger partial charge in [0, 0.05) is 11.6 Å². The van der Waals surface area contributed by atoms with Gasteiger partial charge in [-0.15, -0.1) is 0 Å². The van der Waals surface area contributed by atoms with Crippen molar-refractivity contribution >= 4 is 22.6 Å². The molecule has 3 aromatic heterocycles. The van der Waals surface area contributed by atoms with E-state index in [4.69, 9.17) is 5.73 Å². The predicted molar refractivity (Wildman–Crippen MR) is 109 cm³/mol.